The fourth-order valence-electron chi connectivity index (χ4n) is 5.57. The lowest BCUT2D eigenvalue weighted by Gasteiger charge is -2.34. The van der Waals surface area contributed by atoms with Gasteiger partial charge in [-0.05, 0) is 66.9 Å². The molecule has 1 aliphatic heterocycles. The number of nitrogens with zero attached hydrogens (tertiary/aromatic N) is 5. The summed E-state index contributed by atoms with van der Waals surface area (Å²) in [6, 6.07) is 12.7. The lowest BCUT2D eigenvalue weighted by atomic mass is 10.0. The molecule has 0 unspecified atom stereocenters. The lowest BCUT2D eigenvalue weighted by Crippen LogP contribution is -2.45. The molecular weight excluding hydrogens is 645 g/mol. The number of carbonyl (C=O) groups excluding carboxylic acids is 1. The molecule has 262 valence electrons. The maximum Gasteiger partial charge on any atom is 0.416 e. The van der Waals surface area contributed by atoms with Crippen LogP contribution in [0, 0.1) is 18.8 Å². The monoisotopic (exact) mass is 686 g/mol. The Hall–Kier alpha value is -5.16. The molecule has 1 amide bonds. The van der Waals surface area contributed by atoms with Crippen LogP contribution in [0.25, 0.3) is 5.65 Å². The van der Waals surface area contributed by atoms with Gasteiger partial charge in [-0.3, -0.25) is 19.1 Å². The third-order valence-corrected chi connectivity index (χ3v) is 8.45. The van der Waals surface area contributed by atoms with Crippen LogP contribution in [-0.2, 0) is 17.5 Å². The minimum absolute atomic E-state index is 0.0686. The van der Waals surface area contributed by atoms with Crippen LogP contribution in [0.4, 0.5) is 24.5 Å². The number of anilines is 2. The molecule has 1 saturated heterocycles. The summed E-state index contributed by atoms with van der Waals surface area (Å²) in [4.78, 5) is 26.4. The van der Waals surface area contributed by atoms with Crippen molar-refractivity contribution in [2.24, 2.45) is 10.7 Å². The number of fused-ring (bicyclic) bond motifs is 1. The maximum absolute atomic E-state index is 14.1. The number of amides is 1. The lowest BCUT2D eigenvalue weighted by molar-refractivity contribution is -0.138. The molecule has 50 heavy (non-hydrogen) atoms. The highest BCUT2D eigenvalue weighted by Gasteiger charge is 2.34. The summed E-state index contributed by atoms with van der Waals surface area (Å²) >= 11 is 0. The number of nitrogens with one attached hydrogen (secondary N) is 2. The summed E-state index contributed by atoms with van der Waals surface area (Å²) in [6.07, 6.45) is 1.95. The van der Waals surface area contributed by atoms with Crippen LogP contribution in [0.5, 0.6) is 0 Å². The molecule has 3 heterocycles. The molecule has 10 nitrogen and oxygen atoms in total. The molecule has 1 aliphatic rings. The summed E-state index contributed by atoms with van der Waals surface area (Å²) in [6.45, 7) is 9.12. The minimum Gasteiger partial charge on any atom is -0.403 e. The van der Waals surface area contributed by atoms with Crippen LogP contribution in [0.15, 0.2) is 77.8 Å². The number of ether oxygens (including phenoxy) is 1. The van der Waals surface area contributed by atoms with Gasteiger partial charge in [0.15, 0.2) is 5.65 Å². The topological polar surface area (TPSA) is 113 Å². The summed E-state index contributed by atoms with van der Waals surface area (Å²) < 4.78 is 49.3. The largest absolute Gasteiger partial charge is 0.416 e. The van der Waals surface area contributed by atoms with Gasteiger partial charge in [-0.15, -0.1) is 0 Å². The fraction of sp³-hybridized carbons (Fsp3) is 0.324. The zero-order valence-electron chi connectivity index (χ0n) is 28.3. The zero-order chi connectivity index (χ0) is 35.7. The predicted octanol–water partition coefficient (Wildman–Crippen LogP) is 5.38. The molecule has 0 radical (unpaired) electrons. The van der Waals surface area contributed by atoms with Gasteiger partial charge in [0.05, 0.1) is 36.3 Å². The van der Waals surface area contributed by atoms with Crippen molar-refractivity contribution in [1.29, 1.82) is 0 Å². The van der Waals surface area contributed by atoms with Crippen LogP contribution in [0.3, 0.4) is 0 Å². The predicted molar refractivity (Wildman–Crippen MR) is 190 cm³/mol. The van der Waals surface area contributed by atoms with E-state index in [1.165, 1.54) is 18.3 Å². The maximum atomic E-state index is 14.1. The normalized spacial score (nSPS) is 14.6. The Bertz CT molecular complexity index is 1930. The second-order valence-electron chi connectivity index (χ2n) is 11.8. The van der Waals surface area contributed by atoms with Crippen LogP contribution in [0.1, 0.15) is 45.2 Å². The summed E-state index contributed by atoms with van der Waals surface area (Å²) in [5.74, 6) is 5.72. The fourth-order valence-corrected chi connectivity index (χ4v) is 5.57. The number of alkyl halides is 3. The number of methoxy groups -OCH3 is 1. The number of aryl methyl sites for hydroxylation is 1. The van der Waals surface area contributed by atoms with Crippen molar-refractivity contribution in [1.82, 2.24) is 19.2 Å². The number of allylic oxidation sites excluding steroid dienone is 1. The molecule has 4 N–H and O–H groups in total. The molecule has 0 saturated carbocycles. The Labute approximate surface area is 289 Å². The summed E-state index contributed by atoms with van der Waals surface area (Å²) in [7, 11) is 1.61. The van der Waals surface area contributed by atoms with Gasteiger partial charge in [-0.1, -0.05) is 25.0 Å². The third-order valence-electron chi connectivity index (χ3n) is 8.45. The van der Waals surface area contributed by atoms with Crippen molar-refractivity contribution in [3.63, 3.8) is 0 Å². The Morgan fingerprint density at radius 3 is 2.58 bits per heavy atom. The summed E-state index contributed by atoms with van der Waals surface area (Å²) in [5, 5.41) is 5.87. The number of nitrogens with two attached hydrogens (primary N) is 1. The van der Waals surface area contributed by atoms with Gasteiger partial charge in [-0.25, -0.2) is 4.98 Å². The highest BCUT2D eigenvalue weighted by atomic mass is 19.4. The zero-order valence-corrected chi connectivity index (χ0v) is 28.3. The number of pyridine rings is 1. The number of hydrogen-bond donors (Lipinski definition) is 3. The van der Waals surface area contributed by atoms with Crippen LogP contribution < -0.4 is 16.4 Å². The Morgan fingerprint density at radius 2 is 1.86 bits per heavy atom. The summed E-state index contributed by atoms with van der Waals surface area (Å²) in [5.41, 5.74) is 9.49. The number of aliphatic imine (C=N–C) groups is 1. The van der Waals surface area contributed by atoms with Gasteiger partial charge in [0, 0.05) is 75.3 Å². The Balaban J connectivity index is 1.31. The van der Waals surface area contributed by atoms with Crippen molar-refractivity contribution >= 4 is 29.1 Å². The highest BCUT2D eigenvalue weighted by Crippen LogP contribution is 2.35. The molecule has 5 rings (SSSR count). The molecule has 4 aromatic rings. The molecule has 0 spiro atoms. The van der Waals surface area contributed by atoms with E-state index in [-0.39, 0.29) is 23.4 Å². The van der Waals surface area contributed by atoms with Crippen molar-refractivity contribution in [3.8, 4) is 11.8 Å². The van der Waals surface area contributed by atoms with E-state index in [0.717, 1.165) is 31.3 Å². The molecule has 2 aromatic carbocycles. The molecule has 13 heteroatoms. The van der Waals surface area contributed by atoms with E-state index in [0.29, 0.717) is 54.5 Å². The van der Waals surface area contributed by atoms with E-state index in [4.69, 9.17) is 10.5 Å². The number of aromatic nitrogens is 2. The minimum atomic E-state index is -4.57. The van der Waals surface area contributed by atoms with Crippen LogP contribution in [0.2, 0.25) is 0 Å². The van der Waals surface area contributed by atoms with Crippen LogP contribution >= 0.6 is 0 Å². The average Bonchev–Trinajstić information content (AvgIpc) is 3.53. The molecule has 2 aromatic heterocycles. The Morgan fingerprint density at radius 1 is 1.08 bits per heavy atom. The standard InChI is InChI=1S/C37H41F3N8O2/c1-4-46-15-17-47(18-16-46)25-29-9-11-30(21-33(29)37(38,39)40)45-36(49)28-8-7-26(2)27(20-28)10-12-32-24-43-35-34(6-5-14-48(32)35)44-31(22-41)23-42-13-19-50-3/h5-9,11,14,20-24,44H,4,13,15-19,25,41H2,1-3H3,(H,45,49). The second kappa shape index (κ2) is 16.5. The van der Waals surface area contributed by atoms with Gasteiger partial charge < -0.3 is 26.0 Å². The van der Waals surface area contributed by atoms with Gasteiger partial charge >= 0.3 is 6.18 Å². The number of hydrogen-bond acceptors (Lipinski definition) is 8. The van der Waals surface area contributed by atoms with Crippen molar-refractivity contribution in [2.45, 2.75) is 26.6 Å². The molecular formula is C37H41F3N8O2. The van der Waals surface area contributed by atoms with E-state index in [9.17, 15) is 18.0 Å². The number of rotatable bonds is 11. The number of carbonyl (C=O) groups is 1. The first-order valence-electron chi connectivity index (χ1n) is 16.3. The Kier molecular flexibility index (Phi) is 11.9. The highest BCUT2D eigenvalue weighted by molar-refractivity contribution is 6.04. The third kappa shape index (κ3) is 9.09. The van der Waals surface area contributed by atoms with Crippen molar-refractivity contribution < 1.29 is 22.7 Å². The van der Waals surface area contributed by atoms with Gasteiger partial charge in [0.1, 0.15) is 5.69 Å². The molecule has 1 fully saturated rings. The van der Waals surface area contributed by atoms with E-state index in [1.54, 1.807) is 37.7 Å². The van der Waals surface area contributed by atoms with Crippen molar-refractivity contribution in [3.05, 3.63) is 106 Å². The molecule has 0 aliphatic carbocycles. The van der Waals surface area contributed by atoms with Crippen molar-refractivity contribution in [2.75, 3.05) is 63.6 Å². The van der Waals surface area contributed by atoms with Gasteiger partial charge in [0.2, 0.25) is 0 Å². The first kappa shape index (κ1) is 36.1. The van der Waals surface area contributed by atoms with E-state index >= 15 is 0 Å². The number of piperazine rings is 1. The second-order valence-corrected chi connectivity index (χ2v) is 11.8. The van der Waals surface area contributed by atoms with E-state index < -0.39 is 17.6 Å². The smallest absolute Gasteiger partial charge is 0.403 e. The number of halogens is 3. The average molecular weight is 687 g/mol. The van der Waals surface area contributed by atoms with Crippen LogP contribution in [-0.4, -0.2) is 84.3 Å². The van der Waals surface area contributed by atoms with E-state index in [1.807, 2.05) is 34.6 Å². The molecule has 0 atom stereocenters. The first-order valence-corrected chi connectivity index (χ1v) is 16.3. The first-order chi connectivity index (χ1) is 24.1. The molecule has 0 bridgehead atoms. The number of likely N-dealkylation sites (N-methyl/N-ethyl adjacent to an activating group) is 1. The number of benzene rings is 2. The SMILES string of the molecule is CCN1CCN(Cc2ccc(NC(=O)c3ccc(C)c(C#Cc4cnc5c(NC(C=NCCOC)=CN)cccn45)c3)cc2C(F)(F)F)CC1. The van der Waals surface area contributed by atoms with Gasteiger partial charge in [0.25, 0.3) is 5.91 Å². The quantitative estimate of drug-likeness (QED) is 0.110. The van der Waals surface area contributed by atoms with E-state index in [2.05, 4.69) is 44.3 Å². The number of imidazole rings is 1. The van der Waals surface area contributed by atoms with Gasteiger partial charge in [-0.2, -0.15) is 13.2 Å².